The van der Waals surface area contributed by atoms with Gasteiger partial charge in [0.1, 0.15) is 11.6 Å². The Morgan fingerprint density at radius 1 is 1.06 bits per heavy atom. The highest BCUT2D eigenvalue weighted by Crippen LogP contribution is 2.25. The van der Waals surface area contributed by atoms with E-state index >= 15 is 0 Å². The fraction of sp³-hybridized carbons (Fsp3) is 0.269. The van der Waals surface area contributed by atoms with Crippen LogP contribution in [0.25, 0.3) is 0 Å². The van der Waals surface area contributed by atoms with Gasteiger partial charge in [-0.25, -0.2) is 8.42 Å². The molecule has 0 aliphatic carbocycles. The van der Waals surface area contributed by atoms with Crippen LogP contribution in [0.4, 0.5) is 5.69 Å². The van der Waals surface area contributed by atoms with Gasteiger partial charge in [-0.1, -0.05) is 36.8 Å². The number of sulfonamides is 1. The van der Waals surface area contributed by atoms with Crippen LogP contribution in [0, 0.1) is 18.3 Å². The van der Waals surface area contributed by atoms with Crippen LogP contribution >= 0.6 is 0 Å². The number of benzene rings is 2. The van der Waals surface area contributed by atoms with Gasteiger partial charge in [-0.2, -0.15) is 9.57 Å². The average molecular weight is 491 g/mol. The zero-order valence-electron chi connectivity index (χ0n) is 19.4. The van der Waals surface area contributed by atoms with E-state index in [4.69, 9.17) is 0 Å². The van der Waals surface area contributed by atoms with Gasteiger partial charge in [-0.15, -0.1) is 0 Å². The Balaban J connectivity index is 1.65. The highest BCUT2D eigenvalue weighted by molar-refractivity contribution is 7.89. The monoisotopic (exact) mass is 490 g/mol. The maximum absolute atomic E-state index is 12.8. The number of hydrogen-bond acceptors (Lipinski definition) is 6. The molecule has 1 aliphatic rings. The molecule has 180 valence electrons. The summed E-state index contributed by atoms with van der Waals surface area (Å²) in [5.74, 6) is -0.289. The first kappa shape index (κ1) is 24.4. The molecule has 1 saturated heterocycles. The van der Waals surface area contributed by atoms with Crippen molar-refractivity contribution in [3.05, 3.63) is 87.2 Å². The van der Waals surface area contributed by atoms with Crippen LogP contribution in [-0.4, -0.2) is 41.7 Å². The SMILES string of the molecule is Cc1c(C=Nc2ccc(S(=O)(=O)N3CCCCC3)cc2)c(O)n(Cc2ccccc2)c(=O)c1C#N. The van der Waals surface area contributed by atoms with E-state index in [9.17, 15) is 23.6 Å². The van der Waals surface area contributed by atoms with Crippen molar-refractivity contribution in [1.82, 2.24) is 8.87 Å². The molecular weight excluding hydrogens is 464 g/mol. The highest BCUT2D eigenvalue weighted by Gasteiger charge is 2.25. The fourth-order valence-corrected chi connectivity index (χ4v) is 5.65. The number of pyridine rings is 1. The molecule has 1 aromatic heterocycles. The first-order valence-corrected chi connectivity index (χ1v) is 12.8. The number of nitriles is 1. The number of piperidine rings is 1. The van der Waals surface area contributed by atoms with Crippen LogP contribution in [0.1, 0.15) is 41.5 Å². The van der Waals surface area contributed by atoms with Gasteiger partial charge < -0.3 is 5.11 Å². The van der Waals surface area contributed by atoms with Crippen molar-refractivity contribution in [3.63, 3.8) is 0 Å². The smallest absolute Gasteiger partial charge is 0.271 e. The molecule has 9 heteroatoms. The number of nitrogens with zero attached hydrogens (tertiary/aromatic N) is 4. The van der Waals surface area contributed by atoms with Crippen molar-refractivity contribution in [2.75, 3.05) is 13.1 Å². The predicted molar refractivity (Wildman–Crippen MR) is 134 cm³/mol. The standard InChI is InChI=1S/C26H26N4O4S/c1-19-23(16-27)25(31)30(18-20-8-4-2-5-9-20)26(32)24(19)17-28-21-10-12-22(13-11-21)35(33,34)29-14-6-3-7-15-29/h2,4-5,8-13,17,32H,3,6-7,14-15,18H2,1H3. The van der Waals surface area contributed by atoms with Gasteiger partial charge in [-0.3, -0.25) is 14.4 Å². The van der Waals surface area contributed by atoms with E-state index in [-0.39, 0.29) is 28.4 Å². The van der Waals surface area contributed by atoms with E-state index in [1.165, 1.54) is 22.7 Å². The van der Waals surface area contributed by atoms with Crippen LogP contribution < -0.4 is 5.56 Å². The normalized spacial score (nSPS) is 14.7. The second kappa shape index (κ2) is 10.3. The lowest BCUT2D eigenvalue weighted by atomic mass is 10.1. The Morgan fingerprint density at radius 2 is 1.71 bits per heavy atom. The molecule has 0 amide bonds. The Labute approximate surface area is 204 Å². The number of aromatic nitrogens is 1. The minimum absolute atomic E-state index is 0.0665. The van der Waals surface area contributed by atoms with Crippen LogP contribution in [-0.2, 0) is 16.6 Å². The first-order chi connectivity index (χ1) is 16.8. The van der Waals surface area contributed by atoms with Crippen LogP contribution in [0.15, 0.2) is 69.3 Å². The van der Waals surface area contributed by atoms with Crippen molar-refractivity contribution in [2.45, 2.75) is 37.6 Å². The number of rotatable bonds is 6. The lowest BCUT2D eigenvalue weighted by Crippen LogP contribution is -2.35. The third-order valence-corrected chi connectivity index (χ3v) is 8.08. The summed E-state index contributed by atoms with van der Waals surface area (Å²) in [4.78, 5) is 17.4. The predicted octanol–water partition coefficient (Wildman–Crippen LogP) is 3.71. The Hall–Kier alpha value is -3.74. The molecule has 2 aromatic carbocycles. The Bertz CT molecular complexity index is 1450. The molecule has 0 spiro atoms. The summed E-state index contributed by atoms with van der Waals surface area (Å²) < 4.78 is 28.4. The van der Waals surface area contributed by atoms with Crippen molar-refractivity contribution in [2.24, 2.45) is 4.99 Å². The molecule has 0 radical (unpaired) electrons. The molecule has 1 N–H and O–H groups in total. The van der Waals surface area contributed by atoms with Crippen LogP contribution in [0.5, 0.6) is 5.88 Å². The molecule has 4 rings (SSSR count). The summed E-state index contributed by atoms with van der Waals surface area (Å²) >= 11 is 0. The lowest BCUT2D eigenvalue weighted by molar-refractivity contribution is 0.346. The largest absolute Gasteiger partial charge is 0.494 e. The van der Waals surface area contributed by atoms with Crippen LogP contribution in [0.2, 0.25) is 0 Å². The quantitative estimate of drug-likeness (QED) is 0.529. The molecular formula is C26H26N4O4S. The van der Waals surface area contributed by atoms with Crippen molar-refractivity contribution in [1.29, 1.82) is 5.26 Å². The van der Waals surface area contributed by atoms with E-state index in [1.54, 1.807) is 19.1 Å². The molecule has 0 bridgehead atoms. The highest BCUT2D eigenvalue weighted by atomic mass is 32.2. The van der Waals surface area contributed by atoms with Crippen molar-refractivity contribution >= 4 is 21.9 Å². The first-order valence-electron chi connectivity index (χ1n) is 11.4. The van der Waals surface area contributed by atoms with Gasteiger partial charge in [-0.05, 0) is 55.2 Å². The maximum atomic E-state index is 12.8. The van der Waals surface area contributed by atoms with Gasteiger partial charge in [0, 0.05) is 19.3 Å². The van der Waals surface area contributed by atoms with Crippen molar-refractivity contribution < 1.29 is 13.5 Å². The molecule has 1 fully saturated rings. The van der Waals surface area contributed by atoms with E-state index < -0.39 is 15.6 Å². The van der Waals surface area contributed by atoms with Crippen LogP contribution in [0.3, 0.4) is 0 Å². The zero-order chi connectivity index (χ0) is 25.0. The number of hydrogen-bond donors (Lipinski definition) is 1. The molecule has 3 aromatic rings. The summed E-state index contributed by atoms with van der Waals surface area (Å²) in [6.07, 6.45) is 4.15. The summed E-state index contributed by atoms with van der Waals surface area (Å²) in [6, 6.07) is 17.3. The van der Waals surface area contributed by atoms with Gasteiger partial charge in [0.15, 0.2) is 0 Å². The molecule has 35 heavy (non-hydrogen) atoms. The average Bonchev–Trinajstić information content (AvgIpc) is 2.88. The topological polar surface area (TPSA) is 116 Å². The minimum atomic E-state index is -3.54. The molecule has 0 unspecified atom stereocenters. The molecule has 0 saturated carbocycles. The minimum Gasteiger partial charge on any atom is -0.494 e. The number of aromatic hydroxyl groups is 1. The Kier molecular flexibility index (Phi) is 7.15. The van der Waals surface area contributed by atoms with Gasteiger partial charge in [0.05, 0.1) is 22.7 Å². The fourth-order valence-electron chi connectivity index (χ4n) is 4.14. The van der Waals surface area contributed by atoms with E-state index in [2.05, 4.69) is 4.99 Å². The summed E-state index contributed by atoms with van der Waals surface area (Å²) in [5.41, 5.74) is 1.21. The van der Waals surface area contributed by atoms with Gasteiger partial charge in [0.2, 0.25) is 15.9 Å². The van der Waals surface area contributed by atoms with E-state index in [1.807, 2.05) is 36.4 Å². The third-order valence-electron chi connectivity index (χ3n) is 6.16. The molecule has 0 atom stereocenters. The van der Waals surface area contributed by atoms with Gasteiger partial charge >= 0.3 is 0 Å². The zero-order valence-corrected chi connectivity index (χ0v) is 20.2. The second-order valence-corrected chi connectivity index (χ2v) is 10.4. The van der Waals surface area contributed by atoms with E-state index in [0.717, 1.165) is 29.4 Å². The molecule has 2 heterocycles. The number of aliphatic imine (C=N–C) groups is 1. The third kappa shape index (κ3) is 5.04. The maximum Gasteiger partial charge on any atom is 0.271 e. The summed E-state index contributed by atoms with van der Waals surface area (Å²) in [6.45, 7) is 2.74. The molecule has 1 aliphatic heterocycles. The summed E-state index contributed by atoms with van der Waals surface area (Å²) in [5, 5.41) is 20.4. The van der Waals surface area contributed by atoms with Crippen molar-refractivity contribution in [3.8, 4) is 11.9 Å². The molecule has 8 nitrogen and oxygen atoms in total. The Morgan fingerprint density at radius 3 is 2.34 bits per heavy atom. The lowest BCUT2D eigenvalue weighted by Gasteiger charge is -2.25. The van der Waals surface area contributed by atoms with Gasteiger partial charge in [0.25, 0.3) is 5.56 Å². The summed E-state index contributed by atoms with van der Waals surface area (Å²) in [7, 11) is -3.54. The second-order valence-electron chi connectivity index (χ2n) is 8.44. The van der Waals surface area contributed by atoms with E-state index in [0.29, 0.717) is 24.3 Å².